The maximum absolute atomic E-state index is 14.2. The Hall–Kier alpha value is -3.76. The van der Waals surface area contributed by atoms with Crippen LogP contribution in [0.5, 0.6) is 0 Å². The number of carbonyl (C=O) groups excluding carboxylic acids is 2. The molecule has 46 heavy (non-hydrogen) atoms. The Morgan fingerprint density at radius 1 is 1.07 bits per heavy atom. The minimum absolute atomic E-state index is 0.0179. The minimum Gasteiger partial charge on any atom is -0.395 e. The summed E-state index contributed by atoms with van der Waals surface area (Å²) in [5, 5.41) is 16.0. The highest BCUT2D eigenvalue weighted by Crippen LogP contribution is 2.41. The first-order valence-corrected chi connectivity index (χ1v) is 16.7. The van der Waals surface area contributed by atoms with Crippen LogP contribution >= 0.6 is 0 Å². The number of alkyl halides is 1. The summed E-state index contributed by atoms with van der Waals surface area (Å²) in [7, 11) is 0. The summed E-state index contributed by atoms with van der Waals surface area (Å²) in [6.07, 6.45) is 5.13. The van der Waals surface area contributed by atoms with Gasteiger partial charge in [0.15, 0.2) is 0 Å². The maximum atomic E-state index is 14.2. The van der Waals surface area contributed by atoms with Crippen molar-refractivity contribution in [2.75, 3.05) is 32.8 Å². The first kappa shape index (κ1) is 30.9. The van der Waals surface area contributed by atoms with Crippen LogP contribution in [-0.2, 0) is 11.3 Å². The molecule has 10 heteroatoms. The highest BCUT2D eigenvalue weighted by Gasteiger charge is 2.35. The fourth-order valence-electron chi connectivity index (χ4n) is 7.48. The molecule has 2 atom stereocenters. The monoisotopic (exact) mass is 628 g/mol. The Morgan fingerprint density at radius 2 is 1.83 bits per heavy atom. The molecule has 1 saturated carbocycles. The van der Waals surface area contributed by atoms with Gasteiger partial charge >= 0.3 is 0 Å². The molecule has 5 heterocycles. The smallest absolute Gasteiger partial charge is 0.255 e. The summed E-state index contributed by atoms with van der Waals surface area (Å²) in [5.41, 5.74) is 12.2. The van der Waals surface area contributed by atoms with E-state index >= 15 is 0 Å². The van der Waals surface area contributed by atoms with E-state index in [0.29, 0.717) is 37.0 Å². The van der Waals surface area contributed by atoms with Crippen molar-refractivity contribution in [3.63, 3.8) is 0 Å². The molecule has 2 saturated heterocycles. The van der Waals surface area contributed by atoms with Gasteiger partial charge in [-0.3, -0.25) is 9.59 Å². The lowest BCUT2D eigenvalue weighted by Gasteiger charge is -2.36. The predicted molar refractivity (Wildman–Crippen MR) is 176 cm³/mol. The zero-order valence-electron chi connectivity index (χ0n) is 27.1. The number of amides is 2. The molecule has 1 aromatic carbocycles. The molecule has 1 aliphatic carbocycles. The standard InChI is InChI=1S/C36H45FN6O3/c1-22-30-10-9-26(34(45)41-19-27(37)16-28(38)20-41)18-43(30)39-32(22)31-15-25-5-4-6-29(33(25)42(31)17-23-7-8-23)24-11-13-40(14-12-24)35(46)36(2,3)21-44/h4-6,9-10,15,18,23-24,27-28,44H,7-8,11-14,16-17,19-21,38H2,1-3H3/t27-,28-/m1/s1. The quantitative estimate of drug-likeness (QED) is 0.302. The molecule has 0 unspecified atom stereocenters. The summed E-state index contributed by atoms with van der Waals surface area (Å²) in [4.78, 5) is 29.8. The van der Waals surface area contributed by atoms with Gasteiger partial charge in [-0.1, -0.05) is 18.2 Å². The van der Waals surface area contributed by atoms with Crippen molar-refractivity contribution < 1.29 is 19.1 Å². The van der Waals surface area contributed by atoms with Gasteiger partial charge in [-0.25, -0.2) is 8.91 Å². The molecule has 3 fully saturated rings. The van der Waals surface area contributed by atoms with Gasteiger partial charge < -0.3 is 25.2 Å². The third-order valence-electron chi connectivity index (χ3n) is 10.4. The number of rotatable bonds is 7. The fourth-order valence-corrected chi connectivity index (χ4v) is 7.48. The van der Waals surface area contributed by atoms with Gasteiger partial charge in [0, 0.05) is 49.4 Å². The molecular weight excluding hydrogens is 583 g/mol. The zero-order chi connectivity index (χ0) is 32.3. The fraction of sp³-hybridized carbons (Fsp3) is 0.528. The van der Waals surface area contributed by atoms with E-state index < -0.39 is 11.6 Å². The van der Waals surface area contributed by atoms with Gasteiger partial charge in [0.1, 0.15) is 11.9 Å². The zero-order valence-corrected chi connectivity index (χ0v) is 27.1. The predicted octanol–water partition coefficient (Wildman–Crippen LogP) is 4.91. The average molecular weight is 629 g/mol. The van der Waals surface area contributed by atoms with Gasteiger partial charge in [0.05, 0.1) is 40.9 Å². The number of aliphatic hydroxyl groups is 1. The van der Waals surface area contributed by atoms with Gasteiger partial charge in [0.2, 0.25) is 5.91 Å². The number of nitrogens with two attached hydrogens (primary N) is 1. The third kappa shape index (κ3) is 5.59. The van der Waals surface area contributed by atoms with Crippen LogP contribution in [0.3, 0.4) is 0 Å². The molecule has 0 radical (unpaired) electrons. The maximum Gasteiger partial charge on any atom is 0.255 e. The van der Waals surface area contributed by atoms with Crippen LogP contribution in [0.2, 0.25) is 0 Å². The lowest BCUT2D eigenvalue weighted by atomic mass is 9.86. The van der Waals surface area contributed by atoms with Crippen LogP contribution in [0.25, 0.3) is 27.8 Å². The Labute approximate surface area is 269 Å². The highest BCUT2D eigenvalue weighted by molar-refractivity contribution is 5.95. The number of halogens is 1. The molecule has 0 spiro atoms. The Bertz CT molecular complexity index is 1790. The van der Waals surface area contributed by atoms with Crippen molar-refractivity contribution in [1.29, 1.82) is 0 Å². The molecule has 3 aliphatic rings. The largest absolute Gasteiger partial charge is 0.395 e. The van der Waals surface area contributed by atoms with E-state index in [2.05, 4.69) is 35.8 Å². The molecule has 3 aromatic heterocycles. The third-order valence-corrected chi connectivity index (χ3v) is 10.4. The van der Waals surface area contributed by atoms with Gasteiger partial charge in [0.25, 0.3) is 5.91 Å². The molecule has 2 amide bonds. The Morgan fingerprint density at radius 3 is 2.52 bits per heavy atom. The number of fused-ring (bicyclic) bond motifs is 2. The molecule has 9 nitrogen and oxygen atoms in total. The lowest BCUT2D eigenvalue weighted by molar-refractivity contribution is -0.143. The van der Waals surface area contributed by atoms with Crippen molar-refractivity contribution in [2.45, 2.75) is 77.6 Å². The van der Waals surface area contributed by atoms with E-state index in [9.17, 15) is 19.1 Å². The van der Waals surface area contributed by atoms with Crippen LogP contribution < -0.4 is 5.73 Å². The number of benzene rings is 1. The number of hydrogen-bond acceptors (Lipinski definition) is 5. The van der Waals surface area contributed by atoms with Crippen LogP contribution in [0.15, 0.2) is 42.6 Å². The molecule has 2 aliphatic heterocycles. The number of pyridine rings is 1. The van der Waals surface area contributed by atoms with Crippen LogP contribution in [-0.4, -0.2) is 85.9 Å². The van der Waals surface area contributed by atoms with Crippen LogP contribution in [0, 0.1) is 18.3 Å². The van der Waals surface area contributed by atoms with E-state index in [1.165, 1.54) is 34.2 Å². The number of aryl methyl sites for hydroxylation is 1. The van der Waals surface area contributed by atoms with Crippen LogP contribution in [0.1, 0.15) is 73.4 Å². The SMILES string of the molecule is Cc1c(-c2cc3cccc(C4CCN(C(=O)C(C)(C)CO)CC4)c3n2CC2CC2)nn2cc(C(=O)N3C[C@H](N)C[C@@H](F)C3)ccc12. The van der Waals surface area contributed by atoms with E-state index in [0.717, 1.165) is 41.9 Å². The first-order chi connectivity index (χ1) is 22.0. The lowest BCUT2D eigenvalue weighted by Crippen LogP contribution is -2.50. The second-order valence-electron chi connectivity index (χ2n) is 14.5. The number of nitrogens with zero attached hydrogens (tertiary/aromatic N) is 5. The van der Waals surface area contributed by atoms with Gasteiger partial charge in [-0.2, -0.15) is 5.10 Å². The van der Waals surface area contributed by atoms with Crippen molar-refractivity contribution >= 4 is 28.2 Å². The van der Waals surface area contributed by atoms with E-state index in [-0.39, 0.29) is 37.4 Å². The molecule has 4 aromatic rings. The number of likely N-dealkylation sites (tertiary alicyclic amines) is 2. The normalized spacial score (nSPS) is 21.4. The molecule has 3 N–H and O–H groups in total. The van der Waals surface area contributed by atoms with Gasteiger partial charge in [-0.15, -0.1) is 0 Å². The number of para-hydroxylation sites is 1. The molecule has 0 bridgehead atoms. The number of piperidine rings is 2. The average Bonchev–Trinajstić information content (AvgIpc) is 3.72. The van der Waals surface area contributed by atoms with Gasteiger partial charge in [-0.05, 0) is 88.5 Å². The Kier molecular flexibility index (Phi) is 7.92. The van der Waals surface area contributed by atoms with Crippen molar-refractivity contribution in [3.05, 3.63) is 59.3 Å². The molecular formula is C36H45FN6O3. The van der Waals surface area contributed by atoms with Crippen molar-refractivity contribution in [1.82, 2.24) is 24.0 Å². The summed E-state index contributed by atoms with van der Waals surface area (Å²) < 4.78 is 18.5. The van der Waals surface area contributed by atoms with Crippen molar-refractivity contribution in [3.8, 4) is 11.4 Å². The highest BCUT2D eigenvalue weighted by atomic mass is 19.1. The summed E-state index contributed by atoms with van der Waals surface area (Å²) in [5.74, 6) is 0.756. The number of aromatic nitrogens is 3. The Balaban J connectivity index is 1.23. The summed E-state index contributed by atoms with van der Waals surface area (Å²) in [6, 6.07) is 12.2. The minimum atomic E-state index is -1.11. The summed E-state index contributed by atoms with van der Waals surface area (Å²) in [6.45, 7) is 8.23. The van der Waals surface area contributed by atoms with E-state index in [4.69, 9.17) is 10.8 Å². The van der Waals surface area contributed by atoms with Crippen LogP contribution in [0.4, 0.5) is 4.39 Å². The van der Waals surface area contributed by atoms with Crippen molar-refractivity contribution in [2.24, 2.45) is 17.1 Å². The second-order valence-corrected chi connectivity index (χ2v) is 14.5. The topological polar surface area (TPSA) is 109 Å². The molecule has 244 valence electrons. The number of aliphatic hydroxyl groups excluding tert-OH is 1. The number of hydrogen-bond donors (Lipinski definition) is 2. The van der Waals surface area contributed by atoms with E-state index in [1.807, 2.05) is 11.0 Å². The second kappa shape index (κ2) is 11.8. The summed E-state index contributed by atoms with van der Waals surface area (Å²) >= 11 is 0. The first-order valence-electron chi connectivity index (χ1n) is 16.7. The number of carbonyl (C=O) groups is 2. The molecule has 7 rings (SSSR count). The van der Waals surface area contributed by atoms with E-state index in [1.54, 1.807) is 30.6 Å².